The second kappa shape index (κ2) is 16.2. The number of carbonyl (C=O) groups is 2. The summed E-state index contributed by atoms with van der Waals surface area (Å²) < 4.78 is 21.6. The summed E-state index contributed by atoms with van der Waals surface area (Å²) in [4.78, 5) is 22.7. The fourth-order valence-electron chi connectivity index (χ4n) is 2.81. The lowest BCUT2D eigenvalue weighted by atomic mass is 9.98. The molecule has 9 heteroatoms. The lowest BCUT2D eigenvalue weighted by Gasteiger charge is -2.29. The number of carbonyl (C=O) groups excluding carboxylic acids is 2. The second-order valence-electron chi connectivity index (χ2n) is 9.37. The van der Waals surface area contributed by atoms with Crippen molar-refractivity contribution in [3.8, 4) is 0 Å². The highest BCUT2D eigenvalue weighted by Gasteiger charge is 2.25. The molecule has 0 aliphatic rings. The molecule has 0 aliphatic carbocycles. The van der Waals surface area contributed by atoms with Crippen LogP contribution in [-0.2, 0) is 23.7 Å². The third-order valence-corrected chi connectivity index (χ3v) is 5.19. The minimum atomic E-state index is -0.891. The predicted molar refractivity (Wildman–Crippen MR) is 121 cm³/mol. The van der Waals surface area contributed by atoms with Crippen molar-refractivity contribution in [2.45, 2.75) is 91.6 Å². The van der Waals surface area contributed by atoms with E-state index in [0.29, 0.717) is 31.4 Å². The van der Waals surface area contributed by atoms with Crippen LogP contribution in [0.25, 0.3) is 0 Å². The van der Waals surface area contributed by atoms with Crippen molar-refractivity contribution in [3.63, 3.8) is 0 Å². The number of alkyl carbamates (subject to hydrolysis) is 1. The molecule has 9 nitrogen and oxygen atoms in total. The van der Waals surface area contributed by atoms with E-state index < -0.39 is 29.9 Å². The highest BCUT2D eigenvalue weighted by Crippen LogP contribution is 2.19. The summed E-state index contributed by atoms with van der Waals surface area (Å²) in [5, 5.41) is 22.0. The molecule has 0 saturated carbocycles. The van der Waals surface area contributed by atoms with E-state index in [2.05, 4.69) is 26.1 Å². The van der Waals surface area contributed by atoms with Crippen LogP contribution in [-0.4, -0.2) is 79.2 Å². The molecule has 190 valence electrons. The maximum atomic E-state index is 11.7. The Morgan fingerprint density at radius 2 is 1.75 bits per heavy atom. The Labute approximate surface area is 193 Å². The van der Waals surface area contributed by atoms with E-state index in [1.54, 1.807) is 0 Å². The average Bonchev–Trinajstić information content (AvgIpc) is 2.70. The van der Waals surface area contributed by atoms with E-state index in [1.165, 1.54) is 6.92 Å². The van der Waals surface area contributed by atoms with Crippen molar-refractivity contribution in [1.29, 1.82) is 0 Å². The predicted octanol–water partition coefficient (Wildman–Crippen LogP) is 2.66. The average molecular weight is 464 g/mol. The number of aliphatic hydroxyl groups excluding tert-OH is 2. The van der Waals surface area contributed by atoms with Gasteiger partial charge in [0.2, 0.25) is 0 Å². The molecular formula is C23H45NO8. The molecule has 1 amide bonds. The standard InChI is InChI=1S/C23H45NO8/c1-16(2)17(3)12-24-22(28)30-15-20(27)14-29-18(4)9-8-10-31-23(6,7)11-21(13-25)32-19(5)26/h16-18,20-21,25,27H,8-15H2,1-7H3,(H,24,28). The fourth-order valence-corrected chi connectivity index (χ4v) is 2.81. The normalized spacial score (nSPS) is 15.7. The van der Waals surface area contributed by atoms with Gasteiger partial charge in [0.25, 0.3) is 0 Å². The summed E-state index contributed by atoms with van der Waals surface area (Å²) >= 11 is 0. The van der Waals surface area contributed by atoms with Gasteiger partial charge >= 0.3 is 12.1 Å². The topological polar surface area (TPSA) is 124 Å². The van der Waals surface area contributed by atoms with E-state index in [9.17, 15) is 19.8 Å². The van der Waals surface area contributed by atoms with E-state index in [1.807, 2.05) is 20.8 Å². The third-order valence-electron chi connectivity index (χ3n) is 5.19. The number of hydrogen-bond acceptors (Lipinski definition) is 8. The molecule has 32 heavy (non-hydrogen) atoms. The first-order chi connectivity index (χ1) is 14.9. The van der Waals surface area contributed by atoms with Crippen LogP contribution >= 0.6 is 0 Å². The van der Waals surface area contributed by atoms with Crippen LogP contribution in [0.5, 0.6) is 0 Å². The van der Waals surface area contributed by atoms with Gasteiger partial charge in [-0.1, -0.05) is 20.8 Å². The summed E-state index contributed by atoms with van der Waals surface area (Å²) in [5.74, 6) is 0.376. The summed E-state index contributed by atoms with van der Waals surface area (Å²) in [7, 11) is 0. The summed E-state index contributed by atoms with van der Waals surface area (Å²) in [6.07, 6.45) is -0.252. The van der Waals surface area contributed by atoms with E-state index in [0.717, 1.165) is 12.8 Å². The van der Waals surface area contributed by atoms with Gasteiger partial charge in [-0.3, -0.25) is 4.79 Å². The van der Waals surface area contributed by atoms with Crippen molar-refractivity contribution in [1.82, 2.24) is 5.32 Å². The van der Waals surface area contributed by atoms with Crippen molar-refractivity contribution >= 4 is 12.1 Å². The van der Waals surface area contributed by atoms with Gasteiger partial charge in [0.15, 0.2) is 0 Å². The molecule has 0 spiro atoms. The smallest absolute Gasteiger partial charge is 0.407 e. The molecule has 0 radical (unpaired) electrons. The quantitative estimate of drug-likeness (QED) is 0.222. The molecule has 0 aliphatic heterocycles. The highest BCUT2D eigenvalue weighted by molar-refractivity contribution is 5.67. The molecule has 3 N–H and O–H groups in total. The first-order valence-electron chi connectivity index (χ1n) is 11.5. The lowest BCUT2D eigenvalue weighted by Crippen LogP contribution is -2.34. The third kappa shape index (κ3) is 16.2. The first kappa shape index (κ1) is 30.6. The number of nitrogens with one attached hydrogen (secondary N) is 1. The van der Waals surface area contributed by atoms with Crippen LogP contribution in [0.4, 0.5) is 4.79 Å². The van der Waals surface area contributed by atoms with Crippen LogP contribution in [0.3, 0.4) is 0 Å². The van der Waals surface area contributed by atoms with Crippen LogP contribution < -0.4 is 5.32 Å². The Hall–Kier alpha value is -1.42. The fraction of sp³-hybridized carbons (Fsp3) is 0.913. The zero-order valence-corrected chi connectivity index (χ0v) is 20.9. The van der Waals surface area contributed by atoms with Crippen molar-refractivity contribution in [2.75, 3.05) is 33.0 Å². The molecule has 0 saturated heterocycles. The zero-order valence-electron chi connectivity index (χ0n) is 20.9. The van der Waals surface area contributed by atoms with Crippen LogP contribution in [0.15, 0.2) is 0 Å². The van der Waals surface area contributed by atoms with Crippen LogP contribution in [0, 0.1) is 11.8 Å². The van der Waals surface area contributed by atoms with Gasteiger partial charge in [-0.05, 0) is 45.4 Å². The van der Waals surface area contributed by atoms with Crippen molar-refractivity contribution in [2.24, 2.45) is 11.8 Å². The van der Waals surface area contributed by atoms with Crippen molar-refractivity contribution < 1.29 is 38.7 Å². The molecule has 0 heterocycles. The summed E-state index contributed by atoms with van der Waals surface area (Å²) in [5.41, 5.74) is -0.548. The van der Waals surface area contributed by atoms with Gasteiger partial charge in [0.05, 0.1) is 24.9 Å². The van der Waals surface area contributed by atoms with E-state index in [4.69, 9.17) is 18.9 Å². The SMILES string of the molecule is CC(=O)OC(CO)CC(C)(C)OCCCC(C)OCC(O)COC(=O)NCC(C)C(C)C. The van der Waals surface area contributed by atoms with E-state index >= 15 is 0 Å². The lowest BCUT2D eigenvalue weighted by molar-refractivity contribution is -0.153. The van der Waals surface area contributed by atoms with Gasteiger partial charge in [-0.2, -0.15) is 0 Å². The number of amides is 1. The first-order valence-corrected chi connectivity index (χ1v) is 11.5. The highest BCUT2D eigenvalue weighted by atomic mass is 16.6. The number of ether oxygens (including phenoxy) is 4. The van der Waals surface area contributed by atoms with Gasteiger partial charge < -0.3 is 34.5 Å². The minimum absolute atomic E-state index is 0.0732. The molecule has 0 fully saturated rings. The molecule has 0 aromatic heterocycles. The Morgan fingerprint density at radius 1 is 1.09 bits per heavy atom. The van der Waals surface area contributed by atoms with Gasteiger partial charge in [0.1, 0.15) is 18.8 Å². The summed E-state index contributed by atoms with van der Waals surface area (Å²) in [6.45, 7) is 13.9. The van der Waals surface area contributed by atoms with Crippen LogP contribution in [0.1, 0.15) is 67.7 Å². The molecule has 4 atom stereocenters. The minimum Gasteiger partial charge on any atom is -0.460 e. The summed E-state index contributed by atoms with van der Waals surface area (Å²) in [6, 6.07) is 0. The molecule has 0 rings (SSSR count). The van der Waals surface area contributed by atoms with Crippen molar-refractivity contribution in [3.05, 3.63) is 0 Å². The molecule has 0 aromatic rings. The molecule has 4 unspecified atom stereocenters. The Balaban J connectivity index is 3.96. The van der Waals surface area contributed by atoms with Gasteiger partial charge in [-0.15, -0.1) is 0 Å². The maximum absolute atomic E-state index is 11.7. The Kier molecular flexibility index (Phi) is 15.5. The Bertz CT molecular complexity index is 526. The number of hydrogen-bond donors (Lipinski definition) is 3. The number of aliphatic hydroxyl groups is 2. The van der Waals surface area contributed by atoms with Gasteiger partial charge in [-0.25, -0.2) is 4.79 Å². The molecular weight excluding hydrogens is 418 g/mol. The molecule has 0 aromatic carbocycles. The largest absolute Gasteiger partial charge is 0.460 e. The van der Waals surface area contributed by atoms with E-state index in [-0.39, 0.29) is 25.9 Å². The number of esters is 1. The monoisotopic (exact) mass is 463 g/mol. The Morgan fingerprint density at radius 3 is 2.31 bits per heavy atom. The van der Waals surface area contributed by atoms with Gasteiger partial charge in [0, 0.05) is 26.5 Å². The van der Waals surface area contributed by atoms with Crippen LogP contribution in [0.2, 0.25) is 0 Å². The maximum Gasteiger partial charge on any atom is 0.407 e. The second-order valence-corrected chi connectivity index (χ2v) is 9.37. The number of rotatable bonds is 17. The molecule has 0 bridgehead atoms. The zero-order chi connectivity index (χ0) is 24.7.